The summed E-state index contributed by atoms with van der Waals surface area (Å²) in [6.45, 7) is 2.24. The molecule has 3 rings (SSSR count). The Balaban J connectivity index is 1.74. The molecule has 0 unspecified atom stereocenters. The number of urea groups is 1. The number of benzene rings is 3. The van der Waals surface area contributed by atoms with Gasteiger partial charge in [-0.15, -0.1) is 0 Å². The summed E-state index contributed by atoms with van der Waals surface area (Å²) in [6.07, 6.45) is 0.348. The van der Waals surface area contributed by atoms with Crippen LogP contribution in [0.5, 0.6) is 11.5 Å². The highest BCUT2D eigenvalue weighted by Crippen LogP contribution is 2.25. The maximum absolute atomic E-state index is 13.0. The number of ether oxygens (including phenoxy) is 1. The van der Waals surface area contributed by atoms with E-state index in [0.717, 1.165) is 0 Å². The maximum Gasteiger partial charge on any atom is 0.326 e. The number of non-ortho nitro benzene ring substituents is 1. The summed E-state index contributed by atoms with van der Waals surface area (Å²) >= 11 is 0. The Kier molecular flexibility index (Phi) is 7.96. The van der Waals surface area contributed by atoms with Crippen molar-refractivity contribution in [1.82, 2.24) is 5.32 Å². The number of amides is 3. The van der Waals surface area contributed by atoms with E-state index in [0.29, 0.717) is 29.3 Å². The quantitative estimate of drug-likeness (QED) is 0.355. The third-order valence-corrected chi connectivity index (χ3v) is 4.68. The largest absolute Gasteiger partial charge is 0.457 e. The zero-order valence-corrected chi connectivity index (χ0v) is 18.1. The maximum atomic E-state index is 13.0. The van der Waals surface area contributed by atoms with Crippen molar-refractivity contribution < 1.29 is 19.2 Å². The van der Waals surface area contributed by atoms with Crippen molar-refractivity contribution in [1.29, 1.82) is 0 Å². The molecule has 3 aromatic carbocycles. The molecule has 0 aliphatic rings. The lowest BCUT2D eigenvalue weighted by Crippen LogP contribution is -2.40. The highest BCUT2D eigenvalue weighted by atomic mass is 16.6. The Morgan fingerprint density at radius 3 is 2.18 bits per heavy atom. The molecular weight excluding hydrogens is 424 g/mol. The lowest BCUT2D eigenvalue weighted by atomic mass is 10.2. The number of nitrogens with one attached hydrogen (secondary N) is 2. The van der Waals surface area contributed by atoms with Gasteiger partial charge in [0, 0.05) is 43.0 Å². The number of nitro groups is 1. The SMILES string of the molecule is CCC(=O)NCCN(C(=O)Nc1ccc([N+](=O)[O-])cc1)c1ccc(Oc2ccccc2)cc1. The van der Waals surface area contributed by atoms with Gasteiger partial charge < -0.3 is 15.4 Å². The van der Waals surface area contributed by atoms with E-state index in [9.17, 15) is 19.7 Å². The molecule has 0 atom stereocenters. The molecule has 0 radical (unpaired) electrons. The normalized spacial score (nSPS) is 10.2. The van der Waals surface area contributed by atoms with Gasteiger partial charge in [-0.25, -0.2) is 4.79 Å². The van der Waals surface area contributed by atoms with E-state index in [1.54, 1.807) is 31.2 Å². The first kappa shape index (κ1) is 23.3. The monoisotopic (exact) mass is 448 g/mol. The summed E-state index contributed by atoms with van der Waals surface area (Å²) in [6, 6.07) is 21.4. The van der Waals surface area contributed by atoms with Crippen molar-refractivity contribution >= 4 is 29.0 Å². The van der Waals surface area contributed by atoms with Crippen LogP contribution in [0.2, 0.25) is 0 Å². The third-order valence-electron chi connectivity index (χ3n) is 4.68. The van der Waals surface area contributed by atoms with Crippen LogP contribution in [0, 0.1) is 10.1 Å². The van der Waals surface area contributed by atoms with Gasteiger partial charge in [0.25, 0.3) is 5.69 Å². The Labute approximate surface area is 191 Å². The Morgan fingerprint density at radius 1 is 0.939 bits per heavy atom. The van der Waals surface area contributed by atoms with Crippen LogP contribution >= 0.6 is 0 Å². The first-order valence-electron chi connectivity index (χ1n) is 10.4. The fourth-order valence-corrected chi connectivity index (χ4v) is 2.96. The number of anilines is 2. The number of carbonyl (C=O) groups excluding carboxylic acids is 2. The van der Waals surface area contributed by atoms with Crippen LogP contribution in [0.4, 0.5) is 21.9 Å². The second-order valence-corrected chi connectivity index (χ2v) is 7.00. The van der Waals surface area contributed by atoms with Crippen molar-refractivity contribution in [3.63, 3.8) is 0 Å². The van der Waals surface area contributed by atoms with Crippen molar-refractivity contribution in [2.24, 2.45) is 0 Å². The molecule has 0 spiro atoms. The minimum Gasteiger partial charge on any atom is -0.457 e. The molecule has 9 heteroatoms. The summed E-state index contributed by atoms with van der Waals surface area (Å²) in [5, 5.41) is 16.3. The summed E-state index contributed by atoms with van der Waals surface area (Å²) in [7, 11) is 0. The van der Waals surface area contributed by atoms with E-state index in [2.05, 4.69) is 10.6 Å². The zero-order chi connectivity index (χ0) is 23.6. The number of carbonyl (C=O) groups is 2. The first-order valence-corrected chi connectivity index (χ1v) is 10.4. The number of para-hydroxylation sites is 1. The fourth-order valence-electron chi connectivity index (χ4n) is 2.96. The highest BCUT2D eigenvalue weighted by Gasteiger charge is 2.17. The van der Waals surface area contributed by atoms with Crippen molar-refractivity contribution in [2.45, 2.75) is 13.3 Å². The van der Waals surface area contributed by atoms with Crippen LogP contribution in [0.15, 0.2) is 78.9 Å². The zero-order valence-electron chi connectivity index (χ0n) is 18.1. The molecule has 0 bridgehead atoms. The van der Waals surface area contributed by atoms with Crippen LogP contribution < -0.4 is 20.3 Å². The van der Waals surface area contributed by atoms with E-state index in [4.69, 9.17) is 4.74 Å². The van der Waals surface area contributed by atoms with Gasteiger partial charge >= 0.3 is 6.03 Å². The molecule has 0 fully saturated rings. The molecule has 0 saturated heterocycles. The van der Waals surface area contributed by atoms with Crippen LogP contribution in [-0.4, -0.2) is 30.0 Å². The average Bonchev–Trinajstić information content (AvgIpc) is 2.83. The predicted octanol–water partition coefficient (Wildman–Crippen LogP) is 4.95. The van der Waals surface area contributed by atoms with Crippen LogP contribution in [0.1, 0.15) is 13.3 Å². The summed E-state index contributed by atoms with van der Waals surface area (Å²) in [4.78, 5) is 36.4. The second-order valence-electron chi connectivity index (χ2n) is 7.00. The Morgan fingerprint density at radius 2 is 1.58 bits per heavy atom. The van der Waals surface area contributed by atoms with Crippen LogP contribution in [-0.2, 0) is 4.79 Å². The van der Waals surface area contributed by atoms with Gasteiger partial charge in [-0.2, -0.15) is 0 Å². The minimum atomic E-state index is -0.507. The molecule has 3 amide bonds. The van der Waals surface area contributed by atoms with Gasteiger partial charge in [0.2, 0.25) is 5.91 Å². The van der Waals surface area contributed by atoms with Crippen LogP contribution in [0.3, 0.4) is 0 Å². The summed E-state index contributed by atoms with van der Waals surface area (Å²) in [5.41, 5.74) is 0.943. The van der Waals surface area contributed by atoms with Gasteiger partial charge in [-0.3, -0.25) is 19.8 Å². The summed E-state index contributed by atoms with van der Waals surface area (Å²) in [5.74, 6) is 1.19. The molecule has 3 aromatic rings. The van der Waals surface area contributed by atoms with Gasteiger partial charge in [0.15, 0.2) is 0 Å². The van der Waals surface area contributed by atoms with Gasteiger partial charge in [-0.05, 0) is 48.5 Å². The van der Waals surface area contributed by atoms with Crippen molar-refractivity contribution in [2.75, 3.05) is 23.3 Å². The van der Waals surface area contributed by atoms with Gasteiger partial charge in [0.05, 0.1) is 4.92 Å². The lowest BCUT2D eigenvalue weighted by Gasteiger charge is -2.24. The van der Waals surface area contributed by atoms with Gasteiger partial charge in [0.1, 0.15) is 11.5 Å². The van der Waals surface area contributed by atoms with Crippen molar-refractivity contribution in [3.8, 4) is 11.5 Å². The lowest BCUT2D eigenvalue weighted by molar-refractivity contribution is -0.384. The molecule has 0 heterocycles. The number of nitrogens with zero attached hydrogens (tertiary/aromatic N) is 2. The average molecular weight is 448 g/mol. The number of nitro benzene ring substituents is 1. The summed E-state index contributed by atoms with van der Waals surface area (Å²) < 4.78 is 5.80. The Hall–Kier alpha value is -4.40. The molecule has 170 valence electrons. The predicted molar refractivity (Wildman–Crippen MR) is 126 cm³/mol. The molecule has 2 N–H and O–H groups in total. The number of rotatable bonds is 9. The molecular formula is C24H24N4O5. The fraction of sp³-hybridized carbons (Fsp3) is 0.167. The third kappa shape index (κ3) is 6.79. The van der Waals surface area contributed by atoms with E-state index in [1.807, 2.05) is 30.3 Å². The molecule has 33 heavy (non-hydrogen) atoms. The smallest absolute Gasteiger partial charge is 0.326 e. The van der Waals surface area contributed by atoms with E-state index >= 15 is 0 Å². The Bertz CT molecular complexity index is 1090. The molecule has 9 nitrogen and oxygen atoms in total. The number of hydrogen-bond acceptors (Lipinski definition) is 5. The van der Waals surface area contributed by atoms with E-state index in [1.165, 1.54) is 29.2 Å². The van der Waals surface area contributed by atoms with E-state index in [-0.39, 0.29) is 24.7 Å². The standard InChI is InChI=1S/C24H24N4O5/c1-2-23(29)25-16-17-27(24(30)26-18-8-10-20(11-9-18)28(31)32)19-12-14-22(15-13-19)33-21-6-4-3-5-7-21/h3-15H,2,16-17H2,1H3,(H,25,29)(H,26,30). The second kappa shape index (κ2) is 11.3. The topological polar surface area (TPSA) is 114 Å². The molecule has 0 aliphatic heterocycles. The molecule has 0 aromatic heterocycles. The van der Waals surface area contributed by atoms with E-state index < -0.39 is 11.0 Å². The number of hydrogen-bond donors (Lipinski definition) is 2. The minimum absolute atomic E-state index is 0.0684. The molecule has 0 saturated carbocycles. The van der Waals surface area contributed by atoms with Crippen molar-refractivity contribution in [3.05, 3.63) is 89.0 Å². The first-order chi connectivity index (χ1) is 16.0. The molecule has 0 aliphatic carbocycles. The van der Waals surface area contributed by atoms with Crippen LogP contribution in [0.25, 0.3) is 0 Å². The highest BCUT2D eigenvalue weighted by molar-refractivity contribution is 6.01. The van der Waals surface area contributed by atoms with Gasteiger partial charge in [-0.1, -0.05) is 25.1 Å².